The van der Waals surface area contributed by atoms with Crippen LogP contribution in [0.25, 0.3) is 0 Å². The normalized spacial score (nSPS) is 12.5. The summed E-state index contributed by atoms with van der Waals surface area (Å²) in [7, 11) is 0. The first-order valence-electron chi connectivity index (χ1n) is 6.19. The number of rotatable bonds is 2. The van der Waals surface area contributed by atoms with Crippen LogP contribution >= 0.6 is 0 Å². The highest BCUT2D eigenvalue weighted by molar-refractivity contribution is 5.42. The minimum atomic E-state index is -0.791. The molecule has 19 heavy (non-hydrogen) atoms. The number of hydrogen-bond acceptors (Lipinski definition) is 1. The molecule has 1 nitrogen and oxygen atoms in total. The average Bonchev–Trinajstić information content (AvgIpc) is 2.33. The van der Waals surface area contributed by atoms with E-state index in [1.54, 1.807) is 0 Å². The zero-order valence-electron chi connectivity index (χ0n) is 11.3. The van der Waals surface area contributed by atoms with Gasteiger partial charge in [-0.25, -0.2) is 8.78 Å². The first-order chi connectivity index (χ1) is 8.91. The third-order valence-electron chi connectivity index (χ3n) is 3.53. The van der Waals surface area contributed by atoms with Crippen molar-refractivity contribution in [1.82, 2.24) is 0 Å². The van der Waals surface area contributed by atoms with Gasteiger partial charge in [-0.1, -0.05) is 18.2 Å². The molecule has 0 radical (unpaired) electrons. The van der Waals surface area contributed by atoms with E-state index < -0.39 is 17.7 Å². The SMILES string of the molecule is Cc1cc(C)c(C(N)c2c(F)cccc2F)cc1C. The maximum absolute atomic E-state index is 13.8. The van der Waals surface area contributed by atoms with Crippen molar-refractivity contribution in [3.63, 3.8) is 0 Å². The summed E-state index contributed by atoms with van der Waals surface area (Å²) in [6, 6.07) is 6.91. The smallest absolute Gasteiger partial charge is 0.131 e. The third kappa shape index (κ3) is 2.51. The van der Waals surface area contributed by atoms with Crippen molar-refractivity contribution < 1.29 is 8.78 Å². The molecule has 0 spiro atoms. The van der Waals surface area contributed by atoms with Crippen molar-refractivity contribution in [2.45, 2.75) is 26.8 Å². The van der Waals surface area contributed by atoms with Crippen LogP contribution in [0.2, 0.25) is 0 Å². The molecule has 2 N–H and O–H groups in total. The topological polar surface area (TPSA) is 26.0 Å². The molecule has 2 rings (SSSR count). The standard InChI is InChI=1S/C16H17F2N/c1-9-7-11(3)12(8-10(9)2)16(19)15-13(17)5-4-6-14(15)18/h4-8,16H,19H2,1-3H3. The Hall–Kier alpha value is -1.74. The van der Waals surface area contributed by atoms with Gasteiger partial charge in [-0.05, 0) is 55.2 Å². The molecule has 1 unspecified atom stereocenters. The molecular formula is C16H17F2N. The van der Waals surface area contributed by atoms with E-state index in [2.05, 4.69) is 0 Å². The summed E-state index contributed by atoms with van der Waals surface area (Å²) >= 11 is 0. The Bertz CT molecular complexity index is 600. The van der Waals surface area contributed by atoms with E-state index in [1.807, 2.05) is 32.9 Å². The van der Waals surface area contributed by atoms with Gasteiger partial charge in [0.05, 0.1) is 6.04 Å². The summed E-state index contributed by atoms with van der Waals surface area (Å²) in [4.78, 5) is 0. The largest absolute Gasteiger partial charge is 0.320 e. The number of aryl methyl sites for hydroxylation is 3. The minimum absolute atomic E-state index is 0.0751. The molecule has 0 bridgehead atoms. The fraction of sp³-hybridized carbons (Fsp3) is 0.250. The minimum Gasteiger partial charge on any atom is -0.320 e. The van der Waals surface area contributed by atoms with E-state index in [0.29, 0.717) is 0 Å². The Kier molecular flexibility index (Phi) is 3.67. The zero-order chi connectivity index (χ0) is 14.2. The van der Waals surface area contributed by atoms with Crippen molar-refractivity contribution in [2.24, 2.45) is 5.73 Å². The molecule has 0 fully saturated rings. The molecule has 0 saturated heterocycles. The lowest BCUT2D eigenvalue weighted by molar-refractivity contribution is 0.543. The van der Waals surface area contributed by atoms with Crippen molar-refractivity contribution in [1.29, 1.82) is 0 Å². The average molecular weight is 261 g/mol. The molecule has 1 atom stereocenters. The van der Waals surface area contributed by atoms with E-state index in [1.165, 1.54) is 18.2 Å². The van der Waals surface area contributed by atoms with Crippen molar-refractivity contribution in [3.05, 3.63) is 69.8 Å². The van der Waals surface area contributed by atoms with E-state index in [4.69, 9.17) is 5.73 Å². The number of benzene rings is 2. The summed E-state index contributed by atoms with van der Waals surface area (Å²) in [5, 5.41) is 0. The van der Waals surface area contributed by atoms with E-state index in [0.717, 1.165) is 22.3 Å². The van der Waals surface area contributed by atoms with Crippen LogP contribution in [0.15, 0.2) is 30.3 Å². The quantitative estimate of drug-likeness (QED) is 0.870. The molecule has 0 heterocycles. The second kappa shape index (κ2) is 5.10. The van der Waals surface area contributed by atoms with Gasteiger partial charge in [0.25, 0.3) is 0 Å². The van der Waals surface area contributed by atoms with Crippen molar-refractivity contribution in [3.8, 4) is 0 Å². The fourth-order valence-electron chi connectivity index (χ4n) is 2.28. The summed E-state index contributed by atoms with van der Waals surface area (Å²) in [6.07, 6.45) is 0. The monoisotopic (exact) mass is 261 g/mol. The van der Waals surface area contributed by atoms with E-state index >= 15 is 0 Å². The van der Waals surface area contributed by atoms with E-state index in [-0.39, 0.29) is 5.56 Å². The predicted octanol–water partition coefficient (Wildman–Crippen LogP) is 3.94. The van der Waals surface area contributed by atoms with Crippen LogP contribution in [-0.2, 0) is 0 Å². The van der Waals surface area contributed by atoms with Crippen LogP contribution in [0.3, 0.4) is 0 Å². The molecule has 2 aromatic carbocycles. The maximum Gasteiger partial charge on any atom is 0.131 e. The van der Waals surface area contributed by atoms with E-state index in [9.17, 15) is 8.78 Å². The van der Waals surface area contributed by atoms with Gasteiger partial charge in [-0.2, -0.15) is 0 Å². The highest BCUT2D eigenvalue weighted by atomic mass is 19.1. The molecule has 100 valence electrons. The predicted molar refractivity (Wildman–Crippen MR) is 73.0 cm³/mol. The van der Waals surface area contributed by atoms with Gasteiger partial charge in [0.1, 0.15) is 11.6 Å². The lowest BCUT2D eigenvalue weighted by Gasteiger charge is -2.18. The molecule has 0 amide bonds. The van der Waals surface area contributed by atoms with Crippen LogP contribution in [0, 0.1) is 32.4 Å². The van der Waals surface area contributed by atoms with Crippen molar-refractivity contribution in [2.75, 3.05) is 0 Å². The summed E-state index contributed by atoms with van der Waals surface area (Å²) in [5.41, 5.74) is 9.89. The van der Waals surface area contributed by atoms with Crippen LogP contribution in [-0.4, -0.2) is 0 Å². The van der Waals surface area contributed by atoms with Crippen LogP contribution in [0.4, 0.5) is 8.78 Å². The molecule has 0 aliphatic carbocycles. The lowest BCUT2D eigenvalue weighted by atomic mass is 9.92. The Morgan fingerprint density at radius 1 is 0.895 bits per heavy atom. The molecule has 0 aliphatic rings. The molecular weight excluding hydrogens is 244 g/mol. The molecule has 3 heteroatoms. The third-order valence-corrected chi connectivity index (χ3v) is 3.53. The van der Waals surface area contributed by atoms with Gasteiger partial charge >= 0.3 is 0 Å². The molecule has 0 aromatic heterocycles. The van der Waals surface area contributed by atoms with Crippen LogP contribution < -0.4 is 5.73 Å². The van der Waals surface area contributed by atoms with Crippen LogP contribution in [0.1, 0.15) is 33.9 Å². The van der Waals surface area contributed by atoms with Gasteiger partial charge in [-0.3, -0.25) is 0 Å². The van der Waals surface area contributed by atoms with Crippen LogP contribution in [0.5, 0.6) is 0 Å². The second-order valence-corrected chi connectivity index (χ2v) is 4.91. The number of hydrogen-bond donors (Lipinski definition) is 1. The Morgan fingerprint density at radius 2 is 1.42 bits per heavy atom. The van der Waals surface area contributed by atoms with Gasteiger partial charge in [0.15, 0.2) is 0 Å². The Labute approximate surface area is 112 Å². The molecule has 0 aliphatic heterocycles. The van der Waals surface area contributed by atoms with Crippen molar-refractivity contribution >= 4 is 0 Å². The fourth-order valence-corrected chi connectivity index (χ4v) is 2.28. The van der Waals surface area contributed by atoms with Gasteiger partial charge in [-0.15, -0.1) is 0 Å². The Balaban J connectivity index is 2.56. The Morgan fingerprint density at radius 3 is 2.00 bits per heavy atom. The zero-order valence-corrected chi connectivity index (χ0v) is 11.3. The summed E-state index contributed by atoms with van der Waals surface area (Å²) in [6.45, 7) is 5.87. The number of halogens is 2. The first-order valence-corrected chi connectivity index (χ1v) is 6.19. The number of nitrogens with two attached hydrogens (primary N) is 1. The second-order valence-electron chi connectivity index (χ2n) is 4.91. The van der Waals surface area contributed by atoms with Gasteiger partial charge in [0.2, 0.25) is 0 Å². The molecule has 2 aromatic rings. The van der Waals surface area contributed by atoms with Gasteiger partial charge < -0.3 is 5.73 Å². The van der Waals surface area contributed by atoms with Gasteiger partial charge in [0, 0.05) is 5.56 Å². The highest BCUT2D eigenvalue weighted by Gasteiger charge is 2.20. The summed E-state index contributed by atoms with van der Waals surface area (Å²) < 4.78 is 27.6. The molecule has 0 saturated carbocycles. The lowest BCUT2D eigenvalue weighted by Crippen LogP contribution is -2.17. The summed E-state index contributed by atoms with van der Waals surface area (Å²) in [5.74, 6) is -1.21. The first kappa shape index (κ1) is 13.7. The highest BCUT2D eigenvalue weighted by Crippen LogP contribution is 2.28. The maximum atomic E-state index is 13.8.